The first-order valence-electron chi connectivity index (χ1n) is 4.75. The van der Waals surface area contributed by atoms with Crippen LogP contribution in [0.4, 0.5) is 11.6 Å². The summed E-state index contributed by atoms with van der Waals surface area (Å²) in [4.78, 5) is 7.85. The second kappa shape index (κ2) is 6.02. The molecule has 1 heterocycles. The summed E-state index contributed by atoms with van der Waals surface area (Å²) in [5.41, 5.74) is 5.61. The third-order valence-electron chi connectivity index (χ3n) is 1.78. The van der Waals surface area contributed by atoms with Gasteiger partial charge in [-0.05, 0) is 6.92 Å². The first-order chi connectivity index (χ1) is 7.29. The van der Waals surface area contributed by atoms with E-state index in [1.165, 1.54) is 13.4 Å². The normalized spacial score (nSPS) is 10.0. The SMILES string of the molecule is CCOCCNc1ncnc(N)c1OC. The molecule has 0 atom stereocenters. The van der Waals surface area contributed by atoms with Crippen molar-refractivity contribution in [2.45, 2.75) is 6.92 Å². The molecule has 0 bridgehead atoms. The van der Waals surface area contributed by atoms with Crippen LogP contribution in [0.5, 0.6) is 5.75 Å². The number of nitrogens with one attached hydrogen (secondary N) is 1. The Bertz CT molecular complexity index is 306. The number of ether oxygens (including phenoxy) is 2. The molecule has 1 aromatic rings. The molecule has 6 heteroatoms. The second-order valence-electron chi connectivity index (χ2n) is 2.76. The predicted octanol–water partition coefficient (Wildman–Crippen LogP) is 0.516. The van der Waals surface area contributed by atoms with Crippen LogP contribution in [-0.2, 0) is 4.74 Å². The topological polar surface area (TPSA) is 82.3 Å². The molecule has 0 saturated heterocycles. The van der Waals surface area contributed by atoms with Crippen LogP contribution >= 0.6 is 0 Å². The van der Waals surface area contributed by atoms with Gasteiger partial charge in [0.2, 0.25) is 5.75 Å². The van der Waals surface area contributed by atoms with E-state index in [0.29, 0.717) is 37.1 Å². The van der Waals surface area contributed by atoms with Crippen molar-refractivity contribution in [1.82, 2.24) is 9.97 Å². The van der Waals surface area contributed by atoms with Gasteiger partial charge in [0.05, 0.1) is 13.7 Å². The van der Waals surface area contributed by atoms with Crippen molar-refractivity contribution in [1.29, 1.82) is 0 Å². The Morgan fingerprint density at radius 3 is 2.93 bits per heavy atom. The molecule has 0 aliphatic carbocycles. The van der Waals surface area contributed by atoms with Gasteiger partial charge in [0.25, 0.3) is 0 Å². The third kappa shape index (κ3) is 3.25. The van der Waals surface area contributed by atoms with Crippen LogP contribution in [0.1, 0.15) is 6.92 Å². The van der Waals surface area contributed by atoms with E-state index in [1.54, 1.807) is 0 Å². The van der Waals surface area contributed by atoms with E-state index in [2.05, 4.69) is 15.3 Å². The minimum absolute atomic E-state index is 0.325. The van der Waals surface area contributed by atoms with Crippen LogP contribution < -0.4 is 15.8 Å². The van der Waals surface area contributed by atoms with Crippen LogP contribution in [0.25, 0.3) is 0 Å². The Balaban J connectivity index is 2.56. The van der Waals surface area contributed by atoms with Crippen LogP contribution in [0.3, 0.4) is 0 Å². The fourth-order valence-corrected chi connectivity index (χ4v) is 1.10. The Hall–Kier alpha value is -1.56. The molecule has 6 nitrogen and oxygen atoms in total. The highest BCUT2D eigenvalue weighted by atomic mass is 16.5. The van der Waals surface area contributed by atoms with Crippen LogP contribution in [0, 0.1) is 0 Å². The molecule has 0 saturated carbocycles. The highest BCUT2D eigenvalue weighted by molar-refractivity contribution is 5.61. The van der Waals surface area contributed by atoms with E-state index in [0.717, 1.165) is 0 Å². The quantitative estimate of drug-likeness (QED) is 0.669. The minimum Gasteiger partial charge on any atom is -0.490 e. The molecule has 0 unspecified atom stereocenters. The Morgan fingerprint density at radius 1 is 1.47 bits per heavy atom. The van der Waals surface area contributed by atoms with Crippen molar-refractivity contribution < 1.29 is 9.47 Å². The van der Waals surface area contributed by atoms with Crippen molar-refractivity contribution in [3.63, 3.8) is 0 Å². The molecule has 0 fully saturated rings. The second-order valence-corrected chi connectivity index (χ2v) is 2.76. The maximum atomic E-state index is 5.61. The minimum atomic E-state index is 0.325. The summed E-state index contributed by atoms with van der Waals surface area (Å²) in [7, 11) is 1.53. The van der Waals surface area contributed by atoms with Gasteiger partial charge in [-0.2, -0.15) is 0 Å². The highest BCUT2D eigenvalue weighted by Crippen LogP contribution is 2.25. The number of hydrogen-bond donors (Lipinski definition) is 2. The number of methoxy groups -OCH3 is 1. The Morgan fingerprint density at radius 2 is 2.27 bits per heavy atom. The lowest BCUT2D eigenvalue weighted by atomic mass is 10.4. The van der Waals surface area contributed by atoms with E-state index < -0.39 is 0 Å². The number of nitrogens with zero attached hydrogens (tertiary/aromatic N) is 2. The van der Waals surface area contributed by atoms with E-state index >= 15 is 0 Å². The summed E-state index contributed by atoms with van der Waals surface area (Å²) in [6.07, 6.45) is 1.39. The van der Waals surface area contributed by atoms with Crippen LogP contribution in [-0.4, -0.2) is 36.8 Å². The summed E-state index contributed by atoms with van der Waals surface area (Å²) >= 11 is 0. The van der Waals surface area contributed by atoms with Crippen LogP contribution in [0.15, 0.2) is 6.33 Å². The van der Waals surface area contributed by atoms with Gasteiger partial charge >= 0.3 is 0 Å². The van der Waals surface area contributed by atoms with E-state index in [1.807, 2.05) is 6.92 Å². The van der Waals surface area contributed by atoms with E-state index in [-0.39, 0.29) is 0 Å². The van der Waals surface area contributed by atoms with Gasteiger partial charge in [-0.3, -0.25) is 0 Å². The molecule has 0 spiro atoms. The van der Waals surface area contributed by atoms with Crippen molar-refractivity contribution >= 4 is 11.6 Å². The average molecular weight is 212 g/mol. The molecular formula is C9H16N4O2. The first kappa shape index (κ1) is 11.5. The lowest BCUT2D eigenvalue weighted by Gasteiger charge is -2.10. The zero-order valence-corrected chi connectivity index (χ0v) is 8.99. The number of hydrogen-bond acceptors (Lipinski definition) is 6. The van der Waals surface area contributed by atoms with Gasteiger partial charge in [-0.1, -0.05) is 0 Å². The molecule has 0 aromatic carbocycles. The predicted molar refractivity (Wildman–Crippen MR) is 58.0 cm³/mol. The van der Waals surface area contributed by atoms with Gasteiger partial charge in [0.1, 0.15) is 6.33 Å². The summed E-state index contributed by atoms with van der Waals surface area (Å²) in [5.74, 6) is 1.38. The number of rotatable bonds is 6. The fraction of sp³-hybridized carbons (Fsp3) is 0.556. The molecule has 15 heavy (non-hydrogen) atoms. The standard InChI is InChI=1S/C9H16N4O2/c1-3-15-5-4-11-9-7(14-2)8(10)12-6-13-9/h6H,3-5H2,1-2H3,(H3,10,11,12,13). The maximum Gasteiger partial charge on any atom is 0.203 e. The molecule has 0 aliphatic rings. The molecule has 1 rings (SSSR count). The fourth-order valence-electron chi connectivity index (χ4n) is 1.10. The first-order valence-corrected chi connectivity index (χ1v) is 4.75. The van der Waals surface area contributed by atoms with Gasteiger partial charge < -0.3 is 20.5 Å². The monoisotopic (exact) mass is 212 g/mol. The van der Waals surface area contributed by atoms with Crippen molar-refractivity contribution in [3.05, 3.63) is 6.33 Å². The summed E-state index contributed by atoms with van der Waals surface area (Å²) in [5, 5.41) is 3.06. The highest BCUT2D eigenvalue weighted by Gasteiger charge is 2.07. The third-order valence-corrected chi connectivity index (χ3v) is 1.78. The average Bonchev–Trinajstić information content (AvgIpc) is 2.24. The van der Waals surface area contributed by atoms with Gasteiger partial charge in [0, 0.05) is 13.2 Å². The zero-order chi connectivity index (χ0) is 11.1. The molecule has 0 amide bonds. The Labute approximate surface area is 88.8 Å². The van der Waals surface area contributed by atoms with Crippen molar-refractivity contribution in [3.8, 4) is 5.75 Å². The molecule has 3 N–H and O–H groups in total. The number of nitrogens with two attached hydrogens (primary N) is 1. The summed E-state index contributed by atoms with van der Waals surface area (Å²) in [6, 6.07) is 0. The molecule has 84 valence electrons. The summed E-state index contributed by atoms with van der Waals surface area (Å²) in [6.45, 7) is 3.91. The van der Waals surface area contributed by atoms with E-state index in [9.17, 15) is 0 Å². The number of anilines is 2. The molecule has 0 radical (unpaired) electrons. The van der Waals surface area contributed by atoms with Crippen molar-refractivity contribution in [2.24, 2.45) is 0 Å². The number of nitrogen functional groups attached to an aromatic ring is 1. The van der Waals surface area contributed by atoms with E-state index in [4.69, 9.17) is 15.2 Å². The van der Waals surface area contributed by atoms with Gasteiger partial charge in [0.15, 0.2) is 11.6 Å². The molecule has 0 aliphatic heterocycles. The lowest BCUT2D eigenvalue weighted by Crippen LogP contribution is -2.12. The zero-order valence-electron chi connectivity index (χ0n) is 8.99. The maximum absolute atomic E-state index is 5.61. The lowest BCUT2D eigenvalue weighted by molar-refractivity contribution is 0.158. The number of aromatic nitrogens is 2. The molecule has 1 aromatic heterocycles. The van der Waals surface area contributed by atoms with Gasteiger partial charge in [-0.15, -0.1) is 0 Å². The summed E-state index contributed by atoms with van der Waals surface area (Å²) < 4.78 is 10.3. The van der Waals surface area contributed by atoms with Gasteiger partial charge in [-0.25, -0.2) is 9.97 Å². The van der Waals surface area contributed by atoms with Crippen LogP contribution in [0.2, 0.25) is 0 Å². The Kier molecular flexibility index (Phi) is 4.62. The van der Waals surface area contributed by atoms with Crippen molar-refractivity contribution in [2.75, 3.05) is 37.9 Å². The molecular weight excluding hydrogens is 196 g/mol. The smallest absolute Gasteiger partial charge is 0.203 e. The largest absolute Gasteiger partial charge is 0.490 e.